The Bertz CT molecular complexity index is 587. The lowest BCUT2D eigenvalue weighted by Gasteiger charge is -2.12. The first kappa shape index (κ1) is 16.4. The smallest absolute Gasteiger partial charge is 0.339 e. The van der Waals surface area contributed by atoms with Gasteiger partial charge in [0, 0.05) is 12.2 Å². The van der Waals surface area contributed by atoms with Gasteiger partial charge in [-0.1, -0.05) is 0 Å². The SMILES string of the molecule is COC(=O)c1ccc(N)cc1S(=O)(=O)NCC(O)CO. The van der Waals surface area contributed by atoms with E-state index in [1.54, 1.807) is 0 Å². The van der Waals surface area contributed by atoms with Crippen LogP contribution in [0.25, 0.3) is 0 Å². The molecule has 0 amide bonds. The highest BCUT2D eigenvalue weighted by Crippen LogP contribution is 2.20. The molecule has 1 rings (SSSR count). The highest BCUT2D eigenvalue weighted by Gasteiger charge is 2.23. The number of hydrogen-bond donors (Lipinski definition) is 4. The van der Waals surface area contributed by atoms with Crippen LogP contribution in [-0.4, -0.2) is 51.0 Å². The number of aliphatic hydroxyl groups excluding tert-OH is 2. The summed E-state index contributed by atoms with van der Waals surface area (Å²) in [6.45, 7) is -0.989. The van der Waals surface area contributed by atoms with Gasteiger partial charge in [-0.05, 0) is 18.2 Å². The molecule has 8 nitrogen and oxygen atoms in total. The predicted molar refractivity (Wildman–Crippen MR) is 70.5 cm³/mol. The first-order valence-corrected chi connectivity index (χ1v) is 7.06. The molecule has 0 aliphatic rings. The Hall–Kier alpha value is -1.68. The minimum absolute atomic E-state index is 0.153. The summed E-state index contributed by atoms with van der Waals surface area (Å²) >= 11 is 0. The first-order chi connectivity index (χ1) is 9.31. The fourth-order valence-electron chi connectivity index (χ4n) is 1.39. The van der Waals surface area contributed by atoms with Crippen LogP contribution in [0.15, 0.2) is 23.1 Å². The van der Waals surface area contributed by atoms with Gasteiger partial charge in [0.2, 0.25) is 10.0 Å². The van der Waals surface area contributed by atoms with E-state index in [2.05, 4.69) is 9.46 Å². The molecule has 1 unspecified atom stereocenters. The van der Waals surface area contributed by atoms with Gasteiger partial charge in [0.15, 0.2) is 0 Å². The third kappa shape index (κ3) is 3.90. The number of esters is 1. The molecule has 0 aromatic heterocycles. The van der Waals surface area contributed by atoms with E-state index in [1.807, 2.05) is 0 Å². The molecule has 0 spiro atoms. The van der Waals surface area contributed by atoms with Gasteiger partial charge in [-0.25, -0.2) is 17.9 Å². The minimum Gasteiger partial charge on any atom is -0.465 e. The monoisotopic (exact) mass is 304 g/mol. The Morgan fingerprint density at radius 3 is 2.70 bits per heavy atom. The molecule has 0 heterocycles. The molecular weight excluding hydrogens is 288 g/mol. The lowest BCUT2D eigenvalue weighted by Crippen LogP contribution is -2.34. The lowest BCUT2D eigenvalue weighted by molar-refractivity contribution is 0.0596. The van der Waals surface area contributed by atoms with Crippen molar-refractivity contribution < 1.29 is 28.2 Å². The average Bonchev–Trinajstić information content (AvgIpc) is 2.43. The van der Waals surface area contributed by atoms with E-state index < -0.39 is 35.2 Å². The topological polar surface area (TPSA) is 139 Å². The molecule has 1 aromatic carbocycles. The van der Waals surface area contributed by atoms with Crippen LogP contribution in [0.1, 0.15) is 10.4 Å². The molecule has 0 saturated heterocycles. The van der Waals surface area contributed by atoms with Crippen molar-refractivity contribution in [3.05, 3.63) is 23.8 Å². The molecule has 0 radical (unpaired) electrons. The molecule has 0 fully saturated rings. The largest absolute Gasteiger partial charge is 0.465 e. The van der Waals surface area contributed by atoms with Gasteiger partial charge in [-0.3, -0.25) is 0 Å². The second kappa shape index (κ2) is 6.66. The van der Waals surface area contributed by atoms with E-state index in [0.29, 0.717) is 0 Å². The zero-order valence-electron chi connectivity index (χ0n) is 10.7. The van der Waals surface area contributed by atoms with Crippen molar-refractivity contribution in [3.8, 4) is 0 Å². The van der Waals surface area contributed by atoms with Gasteiger partial charge < -0.3 is 20.7 Å². The van der Waals surface area contributed by atoms with E-state index in [1.165, 1.54) is 12.1 Å². The predicted octanol–water partition coefficient (Wildman–Crippen LogP) is -1.31. The number of rotatable bonds is 6. The van der Waals surface area contributed by atoms with E-state index in [0.717, 1.165) is 13.2 Å². The number of methoxy groups -OCH3 is 1. The number of hydrogen-bond acceptors (Lipinski definition) is 7. The summed E-state index contributed by atoms with van der Waals surface area (Å²) in [7, 11) is -2.95. The number of carbonyl (C=O) groups excluding carboxylic acids is 1. The average molecular weight is 304 g/mol. The molecular formula is C11H16N2O6S. The maximum atomic E-state index is 12.1. The first-order valence-electron chi connectivity index (χ1n) is 5.58. The van der Waals surface area contributed by atoms with Crippen LogP contribution >= 0.6 is 0 Å². The fraction of sp³-hybridized carbons (Fsp3) is 0.364. The number of carbonyl (C=O) groups is 1. The number of ether oxygens (including phenoxy) is 1. The van der Waals surface area contributed by atoms with Crippen LogP contribution < -0.4 is 10.5 Å². The lowest BCUT2D eigenvalue weighted by atomic mass is 10.2. The Morgan fingerprint density at radius 1 is 1.50 bits per heavy atom. The number of benzene rings is 1. The molecule has 5 N–H and O–H groups in total. The quantitative estimate of drug-likeness (QED) is 0.378. The molecule has 0 saturated carbocycles. The third-order valence-corrected chi connectivity index (χ3v) is 3.88. The van der Waals surface area contributed by atoms with Crippen molar-refractivity contribution >= 4 is 21.7 Å². The Kier molecular flexibility index (Phi) is 5.45. The molecule has 20 heavy (non-hydrogen) atoms. The second-order valence-electron chi connectivity index (χ2n) is 3.94. The van der Waals surface area contributed by atoms with Crippen molar-refractivity contribution in [1.82, 2.24) is 4.72 Å². The zero-order chi connectivity index (χ0) is 15.3. The molecule has 112 valence electrons. The molecule has 1 aromatic rings. The van der Waals surface area contributed by atoms with Crippen LogP contribution in [0.3, 0.4) is 0 Å². The van der Waals surface area contributed by atoms with Gasteiger partial charge in [-0.15, -0.1) is 0 Å². The Morgan fingerprint density at radius 2 is 2.15 bits per heavy atom. The summed E-state index contributed by atoms with van der Waals surface area (Å²) in [5, 5.41) is 17.8. The summed E-state index contributed by atoms with van der Waals surface area (Å²) in [6.07, 6.45) is -1.24. The number of anilines is 1. The number of nitrogen functional groups attached to an aromatic ring is 1. The summed E-state index contributed by atoms with van der Waals surface area (Å²) in [6, 6.07) is 3.71. The maximum Gasteiger partial charge on any atom is 0.339 e. The summed E-state index contributed by atoms with van der Waals surface area (Å²) < 4.78 is 30.7. The number of nitrogens with one attached hydrogen (secondary N) is 1. The zero-order valence-corrected chi connectivity index (χ0v) is 11.6. The Labute approximate surface area is 116 Å². The van der Waals surface area contributed by atoms with Crippen molar-refractivity contribution in [2.45, 2.75) is 11.0 Å². The van der Waals surface area contributed by atoms with Crippen molar-refractivity contribution in [2.75, 3.05) is 26.0 Å². The van der Waals surface area contributed by atoms with Gasteiger partial charge >= 0.3 is 5.97 Å². The molecule has 0 aliphatic carbocycles. The van der Waals surface area contributed by atoms with Crippen LogP contribution in [0.4, 0.5) is 5.69 Å². The Balaban J connectivity index is 3.16. The van der Waals surface area contributed by atoms with Crippen molar-refractivity contribution in [3.63, 3.8) is 0 Å². The van der Waals surface area contributed by atoms with Gasteiger partial charge in [-0.2, -0.15) is 0 Å². The summed E-state index contributed by atoms with van der Waals surface area (Å²) in [4.78, 5) is 11.2. The normalized spacial score (nSPS) is 12.9. The van der Waals surface area contributed by atoms with Gasteiger partial charge in [0.1, 0.15) is 0 Å². The molecule has 9 heteroatoms. The van der Waals surface area contributed by atoms with Crippen molar-refractivity contribution in [2.24, 2.45) is 0 Å². The summed E-state index contributed by atoms with van der Waals surface area (Å²) in [5.41, 5.74) is 5.49. The highest BCUT2D eigenvalue weighted by molar-refractivity contribution is 7.89. The van der Waals surface area contributed by atoms with Gasteiger partial charge in [0.05, 0.1) is 30.3 Å². The van der Waals surface area contributed by atoms with E-state index in [-0.39, 0.29) is 16.1 Å². The van der Waals surface area contributed by atoms with E-state index in [4.69, 9.17) is 15.9 Å². The number of sulfonamides is 1. The van der Waals surface area contributed by atoms with Crippen molar-refractivity contribution in [1.29, 1.82) is 0 Å². The van der Waals surface area contributed by atoms with Gasteiger partial charge in [0.25, 0.3) is 0 Å². The second-order valence-corrected chi connectivity index (χ2v) is 5.67. The van der Waals surface area contributed by atoms with E-state index in [9.17, 15) is 13.2 Å². The molecule has 1 atom stereocenters. The van der Waals surface area contributed by atoms with Crippen LogP contribution in [0.5, 0.6) is 0 Å². The standard InChI is InChI=1S/C11H16N2O6S/c1-19-11(16)9-3-2-7(12)4-10(9)20(17,18)13-5-8(15)6-14/h2-4,8,13-15H,5-6,12H2,1H3. The molecule has 0 aliphatic heterocycles. The van der Waals surface area contributed by atoms with Crippen LogP contribution in [0.2, 0.25) is 0 Å². The number of aliphatic hydroxyl groups is 2. The van der Waals surface area contributed by atoms with Crippen LogP contribution in [0, 0.1) is 0 Å². The molecule has 0 bridgehead atoms. The number of nitrogens with two attached hydrogens (primary N) is 1. The highest BCUT2D eigenvalue weighted by atomic mass is 32.2. The minimum atomic E-state index is -4.08. The summed E-state index contributed by atoms with van der Waals surface area (Å²) in [5.74, 6) is -0.826. The van der Waals surface area contributed by atoms with E-state index >= 15 is 0 Å². The van der Waals surface area contributed by atoms with Crippen LogP contribution in [-0.2, 0) is 14.8 Å². The fourth-order valence-corrected chi connectivity index (χ4v) is 2.69. The third-order valence-electron chi connectivity index (χ3n) is 2.42. The maximum absolute atomic E-state index is 12.1.